The molecule has 0 aliphatic carbocycles. The lowest BCUT2D eigenvalue weighted by Gasteiger charge is -2.07. The van der Waals surface area contributed by atoms with Gasteiger partial charge in [0, 0.05) is 41.6 Å². The van der Waals surface area contributed by atoms with Crippen LogP contribution in [-0.2, 0) is 6.54 Å². The van der Waals surface area contributed by atoms with Gasteiger partial charge >= 0.3 is 0 Å². The Labute approximate surface area is 144 Å². The van der Waals surface area contributed by atoms with E-state index in [1.807, 2.05) is 36.4 Å². The fourth-order valence-electron chi connectivity index (χ4n) is 2.69. The fraction of sp³-hybridized carbons (Fsp3) is 0.0500. The molecule has 4 aromatic rings. The third-order valence-electron chi connectivity index (χ3n) is 4.00. The Kier molecular flexibility index (Phi) is 3.96. The van der Waals surface area contributed by atoms with E-state index in [1.54, 1.807) is 37.0 Å². The van der Waals surface area contributed by atoms with Crippen molar-refractivity contribution in [2.45, 2.75) is 6.54 Å². The zero-order valence-electron chi connectivity index (χ0n) is 13.3. The first kappa shape index (κ1) is 15.1. The molecule has 5 heteroatoms. The number of pyridine rings is 2. The van der Waals surface area contributed by atoms with E-state index in [4.69, 9.17) is 4.42 Å². The van der Waals surface area contributed by atoms with Crippen molar-refractivity contribution >= 4 is 16.9 Å². The van der Waals surface area contributed by atoms with Crippen LogP contribution in [0.1, 0.15) is 15.9 Å². The van der Waals surface area contributed by atoms with Gasteiger partial charge in [0.15, 0.2) is 0 Å². The number of carbonyl (C=O) groups excluding carboxylic acids is 1. The van der Waals surface area contributed by atoms with Gasteiger partial charge in [-0.3, -0.25) is 14.8 Å². The first-order chi connectivity index (χ1) is 12.3. The van der Waals surface area contributed by atoms with Gasteiger partial charge in [-0.1, -0.05) is 12.1 Å². The molecule has 122 valence electrons. The van der Waals surface area contributed by atoms with Gasteiger partial charge in [-0.25, -0.2) is 0 Å². The van der Waals surface area contributed by atoms with E-state index < -0.39 is 0 Å². The number of nitrogens with one attached hydrogen (secondary N) is 1. The fourth-order valence-corrected chi connectivity index (χ4v) is 2.69. The van der Waals surface area contributed by atoms with Crippen LogP contribution in [0.3, 0.4) is 0 Å². The lowest BCUT2D eigenvalue weighted by Crippen LogP contribution is -2.22. The predicted molar refractivity (Wildman–Crippen MR) is 94.9 cm³/mol. The summed E-state index contributed by atoms with van der Waals surface area (Å²) in [7, 11) is 0. The Hall–Kier alpha value is -3.47. The second-order valence-corrected chi connectivity index (χ2v) is 5.61. The topological polar surface area (TPSA) is 68.0 Å². The number of carbonyl (C=O) groups is 1. The summed E-state index contributed by atoms with van der Waals surface area (Å²) in [6.45, 7) is 0.471. The van der Waals surface area contributed by atoms with Crippen LogP contribution in [0.15, 0.2) is 77.8 Å². The molecular weight excluding hydrogens is 314 g/mol. The highest BCUT2D eigenvalue weighted by molar-refractivity contribution is 5.96. The van der Waals surface area contributed by atoms with E-state index in [0.717, 1.165) is 27.8 Å². The van der Waals surface area contributed by atoms with Crippen molar-refractivity contribution in [3.8, 4) is 11.3 Å². The summed E-state index contributed by atoms with van der Waals surface area (Å²) in [6.07, 6.45) is 6.78. The molecule has 1 amide bonds. The van der Waals surface area contributed by atoms with Crippen LogP contribution in [-0.4, -0.2) is 15.9 Å². The van der Waals surface area contributed by atoms with E-state index in [-0.39, 0.29) is 5.91 Å². The maximum atomic E-state index is 12.3. The SMILES string of the molecule is O=C(NCc1ccncc1)c1ccc(-c2nccc3occc23)cc1. The molecule has 1 aromatic carbocycles. The molecule has 0 aliphatic rings. The second kappa shape index (κ2) is 6.57. The Morgan fingerprint density at radius 2 is 1.76 bits per heavy atom. The summed E-state index contributed by atoms with van der Waals surface area (Å²) < 4.78 is 5.41. The average molecular weight is 329 g/mol. The van der Waals surface area contributed by atoms with Crippen molar-refractivity contribution < 1.29 is 9.21 Å². The van der Waals surface area contributed by atoms with E-state index in [2.05, 4.69) is 15.3 Å². The Balaban J connectivity index is 1.52. The highest BCUT2D eigenvalue weighted by Crippen LogP contribution is 2.27. The zero-order valence-corrected chi connectivity index (χ0v) is 13.3. The first-order valence-electron chi connectivity index (χ1n) is 7.91. The monoisotopic (exact) mass is 329 g/mol. The molecular formula is C20H15N3O2. The molecule has 0 spiro atoms. The van der Waals surface area contributed by atoms with Crippen molar-refractivity contribution in [3.05, 3.63) is 84.5 Å². The Morgan fingerprint density at radius 3 is 2.56 bits per heavy atom. The summed E-state index contributed by atoms with van der Waals surface area (Å²) in [5.41, 5.74) is 4.20. The summed E-state index contributed by atoms with van der Waals surface area (Å²) in [6, 6.07) is 14.9. The molecule has 0 unspecified atom stereocenters. The van der Waals surface area contributed by atoms with E-state index in [9.17, 15) is 4.79 Å². The third-order valence-corrected chi connectivity index (χ3v) is 4.00. The Morgan fingerprint density at radius 1 is 0.960 bits per heavy atom. The molecule has 4 rings (SSSR count). The lowest BCUT2D eigenvalue weighted by molar-refractivity contribution is 0.0951. The van der Waals surface area contributed by atoms with E-state index >= 15 is 0 Å². The highest BCUT2D eigenvalue weighted by atomic mass is 16.3. The smallest absolute Gasteiger partial charge is 0.251 e. The van der Waals surface area contributed by atoms with Crippen LogP contribution in [0.4, 0.5) is 0 Å². The highest BCUT2D eigenvalue weighted by Gasteiger charge is 2.09. The number of fused-ring (bicyclic) bond motifs is 1. The van der Waals surface area contributed by atoms with Crippen LogP contribution >= 0.6 is 0 Å². The molecule has 3 aromatic heterocycles. The number of hydrogen-bond acceptors (Lipinski definition) is 4. The summed E-state index contributed by atoms with van der Waals surface area (Å²) in [4.78, 5) is 20.7. The molecule has 1 N–H and O–H groups in total. The van der Waals surface area contributed by atoms with Crippen LogP contribution in [0, 0.1) is 0 Å². The molecule has 0 aliphatic heterocycles. The van der Waals surface area contributed by atoms with Crippen molar-refractivity contribution in [1.29, 1.82) is 0 Å². The standard InChI is InChI=1S/C20H15N3O2/c24-20(23-13-14-5-9-21-10-6-14)16-3-1-15(2-4-16)19-17-8-12-25-18(17)7-11-22-19/h1-12H,13H2,(H,23,24). The van der Waals surface area contributed by atoms with Crippen LogP contribution in [0.25, 0.3) is 22.2 Å². The number of nitrogens with zero attached hydrogens (tertiary/aromatic N) is 2. The minimum absolute atomic E-state index is 0.113. The molecule has 0 atom stereocenters. The first-order valence-corrected chi connectivity index (χ1v) is 7.91. The summed E-state index contributed by atoms with van der Waals surface area (Å²) in [5.74, 6) is -0.113. The minimum Gasteiger partial charge on any atom is -0.464 e. The number of amides is 1. The van der Waals surface area contributed by atoms with Gasteiger partial charge in [0.1, 0.15) is 5.58 Å². The van der Waals surface area contributed by atoms with Crippen molar-refractivity contribution in [1.82, 2.24) is 15.3 Å². The largest absolute Gasteiger partial charge is 0.464 e. The summed E-state index contributed by atoms with van der Waals surface area (Å²) >= 11 is 0. The zero-order chi connectivity index (χ0) is 17.1. The van der Waals surface area contributed by atoms with Crippen molar-refractivity contribution in [2.24, 2.45) is 0 Å². The Bertz CT molecular complexity index is 1010. The van der Waals surface area contributed by atoms with Crippen LogP contribution in [0.2, 0.25) is 0 Å². The number of benzene rings is 1. The van der Waals surface area contributed by atoms with Crippen LogP contribution < -0.4 is 5.32 Å². The second-order valence-electron chi connectivity index (χ2n) is 5.61. The van der Waals surface area contributed by atoms with Crippen molar-refractivity contribution in [3.63, 3.8) is 0 Å². The average Bonchev–Trinajstić information content (AvgIpc) is 3.16. The van der Waals surface area contributed by atoms with Gasteiger partial charge in [-0.15, -0.1) is 0 Å². The quantitative estimate of drug-likeness (QED) is 0.618. The summed E-state index contributed by atoms with van der Waals surface area (Å²) in [5, 5.41) is 3.86. The van der Waals surface area contributed by atoms with Gasteiger partial charge < -0.3 is 9.73 Å². The molecule has 0 radical (unpaired) electrons. The molecule has 0 saturated carbocycles. The number of hydrogen-bond donors (Lipinski definition) is 1. The maximum Gasteiger partial charge on any atom is 0.251 e. The molecule has 5 nitrogen and oxygen atoms in total. The van der Waals surface area contributed by atoms with Crippen LogP contribution in [0.5, 0.6) is 0 Å². The van der Waals surface area contributed by atoms with Gasteiger partial charge in [-0.2, -0.15) is 0 Å². The molecule has 3 heterocycles. The van der Waals surface area contributed by atoms with E-state index in [1.165, 1.54) is 0 Å². The number of aromatic nitrogens is 2. The van der Waals surface area contributed by atoms with Gasteiger partial charge in [0.2, 0.25) is 0 Å². The van der Waals surface area contributed by atoms with Gasteiger partial charge in [0.25, 0.3) is 5.91 Å². The number of rotatable bonds is 4. The molecule has 0 bridgehead atoms. The number of furan rings is 1. The lowest BCUT2D eigenvalue weighted by atomic mass is 10.1. The molecule has 0 saturated heterocycles. The maximum absolute atomic E-state index is 12.3. The minimum atomic E-state index is -0.113. The third kappa shape index (κ3) is 3.12. The van der Waals surface area contributed by atoms with Crippen molar-refractivity contribution in [2.75, 3.05) is 0 Å². The molecule has 0 fully saturated rings. The van der Waals surface area contributed by atoms with Gasteiger partial charge in [-0.05, 0) is 42.0 Å². The predicted octanol–water partition coefficient (Wildman–Crippen LogP) is 3.82. The van der Waals surface area contributed by atoms with Gasteiger partial charge in [0.05, 0.1) is 12.0 Å². The normalized spacial score (nSPS) is 10.7. The molecule has 25 heavy (non-hydrogen) atoms. The van der Waals surface area contributed by atoms with E-state index in [0.29, 0.717) is 12.1 Å².